The third-order valence-corrected chi connectivity index (χ3v) is 6.01. The molecule has 0 radical (unpaired) electrons. The minimum absolute atomic E-state index is 0.0581. The van der Waals surface area contributed by atoms with Gasteiger partial charge < -0.3 is 4.98 Å². The normalized spacial score (nSPS) is 11.3. The van der Waals surface area contributed by atoms with Gasteiger partial charge in [0.15, 0.2) is 5.16 Å². The second-order valence-corrected chi connectivity index (χ2v) is 7.73. The van der Waals surface area contributed by atoms with Gasteiger partial charge in [0.2, 0.25) is 0 Å². The predicted molar refractivity (Wildman–Crippen MR) is 111 cm³/mol. The van der Waals surface area contributed by atoms with Gasteiger partial charge in [0.1, 0.15) is 0 Å². The minimum Gasteiger partial charge on any atom is -0.306 e. The lowest BCUT2D eigenvalue weighted by Crippen LogP contribution is -2.17. The number of rotatable bonds is 6. The van der Waals surface area contributed by atoms with Crippen LogP contribution < -0.4 is 5.69 Å². The Balaban J connectivity index is 1.45. The Kier molecular flexibility index (Phi) is 5.09. The molecule has 0 bridgehead atoms. The number of aromatic nitrogens is 4. The van der Waals surface area contributed by atoms with Crippen molar-refractivity contribution in [1.29, 1.82) is 0 Å². The summed E-state index contributed by atoms with van der Waals surface area (Å²) in [5.74, 6) is 0.864. The van der Waals surface area contributed by atoms with Crippen LogP contribution in [0.1, 0.15) is 12.0 Å². The summed E-state index contributed by atoms with van der Waals surface area (Å²) in [5.41, 5.74) is 3.84. The smallest absolute Gasteiger partial charge is 0.306 e. The second kappa shape index (κ2) is 7.66. The Morgan fingerprint density at radius 3 is 2.93 bits per heavy atom. The van der Waals surface area contributed by atoms with Crippen LogP contribution in [0.15, 0.2) is 64.8 Å². The van der Waals surface area contributed by atoms with E-state index in [2.05, 4.69) is 14.5 Å². The maximum absolute atomic E-state index is 12.1. The Hall–Kier alpha value is -2.44. The molecule has 5 nitrogen and oxygen atoms in total. The van der Waals surface area contributed by atoms with Crippen molar-refractivity contribution >= 4 is 34.4 Å². The number of para-hydroxylation sites is 2. The summed E-state index contributed by atoms with van der Waals surface area (Å²) in [6.45, 7) is 2.68. The van der Waals surface area contributed by atoms with Gasteiger partial charge in [-0.25, -0.2) is 9.78 Å². The third-order valence-electron chi connectivity index (χ3n) is 4.54. The summed E-state index contributed by atoms with van der Waals surface area (Å²) in [6, 6.07) is 13.6. The zero-order chi connectivity index (χ0) is 18.8. The molecule has 138 valence electrons. The maximum atomic E-state index is 12.1. The molecule has 0 saturated carbocycles. The summed E-state index contributed by atoms with van der Waals surface area (Å²) in [4.78, 5) is 19.5. The van der Waals surface area contributed by atoms with E-state index in [0.29, 0.717) is 6.54 Å². The van der Waals surface area contributed by atoms with Crippen LogP contribution in [0.3, 0.4) is 0 Å². The van der Waals surface area contributed by atoms with Gasteiger partial charge in [-0.3, -0.25) is 9.13 Å². The number of fused-ring (bicyclic) bond motifs is 1. The van der Waals surface area contributed by atoms with E-state index >= 15 is 0 Å². The summed E-state index contributed by atoms with van der Waals surface area (Å²) >= 11 is 7.93. The van der Waals surface area contributed by atoms with Gasteiger partial charge in [0, 0.05) is 29.7 Å². The second-order valence-electron chi connectivity index (χ2n) is 6.26. The molecule has 0 atom stereocenters. The first-order chi connectivity index (χ1) is 13.1. The lowest BCUT2D eigenvalue weighted by Gasteiger charge is -2.11. The van der Waals surface area contributed by atoms with Crippen molar-refractivity contribution in [3.8, 4) is 5.69 Å². The number of aryl methyl sites for hydroxylation is 1. The highest BCUT2D eigenvalue weighted by atomic mass is 35.5. The van der Waals surface area contributed by atoms with Crippen LogP contribution in [0.5, 0.6) is 0 Å². The molecule has 27 heavy (non-hydrogen) atoms. The molecule has 0 unspecified atom stereocenters. The van der Waals surface area contributed by atoms with Gasteiger partial charge in [-0.2, -0.15) is 0 Å². The van der Waals surface area contributed by atoms with Crippen LogP contribution in [0, 0.1) is 6.92 Å². The Morgan fingerprint density at radius 1 is 1.19 bits per heavy atom. The molecule has 0 aliphatic rings. The highest BCUT2D eigenvalue weighted by Crippen LogP contribution is 2.27. The molecule has 0 saturated heterocycles. The van der Waals surface area contributed by atoms with Crippen molar-refractivity contribution < 1.29 is 0 Å². The highest BCUT2D eigenvalue weighted by Gasteiger charge is 2.10. The topological polar surface area (TPSA) is 55.6 Å². The van der Waals surface area contributed by atoms with E-state index in [0.717, 1.165) is 44.6 Å². The fourth-order valence-corrected chi connectivity index (χ4v) is 4.21. The molecule has 4 aromatic rings. The van der Waals surface area contributed by atoms with Crippen molar-refractivity contribution in [1.82, 2.24) is 19.1 Å². The zero-order valence-electron chi connectivity index (χ0n) is 14.9. The number of hydrogen-bond donors (Lipinski definition) is 1. The van der Waals surface area contributed by atoms with E-state index in [1.54, 1.807) is 22.5 Å². The first-order valence-corrected chi connectivity index (χ1v) is 10.1. The molecule has 1 N–H and O–H groups in total. The number of benzene rings is 2. The number of halogens is 1. The van der Waals surface area contributed by atoms with Crippen LogP contribution in [0.25, 0.3) is 16.7 Å². The molecule has 2 aromatic heterocycles. The van der Waals surface area contributed by atoms with Crippen LogP contribution in [0.2, 0.25) is 5.02 Å². The molecule has 7 heteroatoms. The molecule has 2 heterocycles. The van der Waals surface area contributed by atoms with E-state index in [9.17, 15) is 4.79 Å². The number of hydrogen-bond acceptors (Lipinski definition) is 3. The minimum atomic E-state index is -0.0581. The average Bonchev–Trinajstić information content (AvgIpc) is 3.25. The number of aromatic amines is 1. The fraction of sp³-hybridized carbons (Fsp3) is 0.200. The predicted octanol–water partition coefficient (Wildman–Crippen LogP) is 4.66. The molecule has 2 aromatic carbocycles. The molecule has 0 aliphatic heterocycles. The maximum Gasteiger partial charge on any atom is 0.326 e. The number of imidazole rings is 2. The molecule has 0 amide bonds. The van der Waals surface area contributed by atoms with Crippen molar-refractivity contribution in [3.05, 3.63) is 75.9 Å². The third kappa shape index (κ3) is 3.55. The number of nitrogens with zero attached hydrogens (tertiary/aromatic N) is 3. The largest absolute Gasteiger partial charge is 0.326 e. The molecule has 0 aliphatic carbocycles. The lowest BCUT2D eigenvalue weighted by molar-refractivity contribution is 0.678. The fourth-order valence-electron chi connectivity index (χ4n) is 3.15. The first-order valence-electron chi connectivity index (χ1n) is 8.74. The Morgan fingerprint density at radius 2 is 2.04 bits per heavy atom. The first kappa shape index (κ1) is 17.9. The van der Waals surface area contributed by atoms with Crippen LogP contribution in [0.4, 0.5) is 0 Å². The van der Waals surface area contributed by atoms with E-state index in [-0.39, 0.29) is 5.69 Å². The number of H-pyrrole nitrogens is 1. The van der Waals surface area contributed by atoms with Gasteiger partial charge in [0.05, 0.1) is 16.7 Å². The highest BCUT2D eigenvalue weighted by molar-refractivity contribution is 7.99. The van der Waals surface area contributed by atoms with Gasteiger partial charge in [-0.05, 0) is 43.2 Å². The van der Waals surface area contributed by atoms with Crippen molar-refractivity contribution in [2.75, 3.05) is 5.75 Å². The van der Waals surface area contributed by atoms with Gasteiger partial charge in [0.25, 0.3) is 0 Å². The van der Waals surface area contributed by atoms with Crippen molar-refractivity contribution in [2.45, 2.75) is 25.0 Å². The van der Waals surface area contributed by atoms with E-state index in [1.165, 1.54) is 0 Å². The lowest BCUT2D eigenvalue weighted by atomic mass is 10.2. The van der Waals surface area contributed by atoms with Crippen molar-refractivity contribution in [3.63, 3.8) is 0 Å². The molecular weight excluding hydrogens is 380 g/mol. The van der Waals surface area contributed by atoms with Crippen LogP contribution >= 0.6 is 23.4 Å². The SMILES string of the molecule is Cc1c(Cl)cccc1-n1ccnc1SCCCn1c(=O)[nH]c2ccccc21. The number of nitrogens with one attached hydrogen (secondary N) is 1. The average molecular weight is 399 g/mol. The van der Waals surface area contributed by atoms with E-state index < -0.39 is 0 Å². The van der Waals surface area contributed by atoms with E-state index in [1.807, 2.05) is 55.6 Å². The molecule has 0 fully saturated rings. The summed E-state index contributed by atoms with van der Waals surface area (Å²) in [7, 11) is 0. The van der Waals surface area contributed by atoms with Gasteiger partial charge in [-0.15, -0.1) is 0 Å². The van der Waals surface area contributed by atoms with Crippen LogP contribution in [-0.2, 0) is 6.54 Å². The van der Waals surface area contributed by atoms with Crippen molar-refractivity contribution in [2.24, 2.45) is 0 Å². The Labute approximate surface area is 166 Å². The quantitative estimate of drug-likeness (QED) is 0.379. The molecular formula is C20H19ClN4OS. The summed E-state index contributed by atoms with van der Waals surface area (Å²) in [6.07, 6.45) is 4.62. The zero-order valence-corrected chi connectivity index (χ0v) is 16.4. The molecule has 4 rings (SSSR count). The number of thioether (sulfide) groups is 1. The summed E-state index contributed by atoms with van der Waals surface area (Å²) in [5, 5.41) is 1.67. The van der Waals surface area contributed by atoms with Gasteiger partial charge in [-0.1, -0.05) is 41.6 Å². The molecule has 0 spiro atoms. The standard InChI is InChI=1S/C20H19ClN4OS/c1-14-15(21)6-4-9-17(14)25-12-10-22-20(25)27-13-5-11-24-18-8-3-2-7-16(18)23-19(24)26/h2-4,6-10,12H,5,11,13H2,1H3,(H,23,26). The Bertz CT molecular complexity index is 1140. The monoisotopic (exact) mass is 398 g/mol. The van der Waals surface area contributed by atoms with E-state index in [4.69, 9.17) is 11.6 Å². The summed E-state index contributed by atoms with van der Waals surface area (Å²) < 4.78 is 3.85. The van der Waals surface area contributed by atoms with Crippen LogP contribution in [-0.4, -0.2) is 24.9 Å². The van der Waals surface area contributed by atoms with Gasteiger partial charge >= 0.3 is 5.69 Å².